The van der Waals surface area contributed by atoms with Gasteiger partial charge in [0.1, 0.15) is 11.6 Å². The van der Waals surface area contributed by atoms with Crippen LogP contribution in [-0.4, -0.2) is 81.6 Å². The van der Waals surface area contributed by atoms with Gasteiger partial charge in [0.25, 0.3) is 11.8 Å². The zero-order valence-electron chi connectivity index (χ0n) is 16.7. The van der Waals surface area contributed by atoms with Gasteiger partial charge >= 0.3 is 0 Å². The molecule has 154 valence electrons. The molecule has 9 nitrogen and oxygen atoms in total. The number of hydrogen-bond acceptors (Lipinski definition) is 8. The lowest BCUT2D eigenvalue weighted by Gasteiger charge is -2.48. The zero-order valence-corrected chi connectivity index (χ0v) is 17.5. The predicted molar refractivity (Wildman–Crippen MR) is 108 cm³/mol. The van der Waals surface area contributed by atoms with Gasteiger partial charge in [0, 0.05) is 57.9 Å². The van der Waals surface area contributed by atoms with Gasteiger partial charge in [-0.15, -0.1) is 0 Å². The Morgan fingerprint density at radius 3 is 2.62 bits per heavy atom. The molecule has 0 radical (unpaired) electrons. The van der Waals surface area contributed by atoms with Gasteiger partial charge in [-0.25, -0.2) is 0 Å². The molecule has 1 saturated carbocycles. The van der Waals surface area contributed by atoms with Crippen LogP contribution in [0.5, 0.6) is 0 Å². The summed E-state index contributed by atoms with van der Waals surface area (Å²) in [5.74, 6) is 0.411. The van der Waals surface area contributed by atoms with E-state index in [0.717, 1.165) is 43.1 Å². The highest BCUT2D eigenvalue weighted by molar-refractivity contribution is 6.99. The molecule has 3 heterocycles. The van der Waals surface area contributed by atoms with Crippen LogP contribution in [0.25, 0.3) is 0 Å². The molecule has 1 aromatic rings. The molecule has 2 aliphatic heterocycles. The Bertz CT molecular complexity index is 881. The highest BCUT2D eigenvalue weighted by atomic mass is 32.1. The van der Waals surface area contributed by atoms with Crippen molar-refractivity contribution in [3.05, 3.63) is 17.0 Å². The average molecular weight is 416 g/mol. The molecule has 4 rings (SSSR count). The Morgan fingerprint density at radius 1 is 1.21 bits per heavy atom. The molecule has 1 aromatic heterocycles. The molecule has 29 heavy (non-hydrogen) atoms. The SMILES string of the molecule is CNc1nsnc1C(=O)N1CCN(C2=C(C#N)C(=O)N(C)C3CCCCC23)CC1. The van der Waals surface area contributed by atoms with E-state index in [-0.39, 0.29) is 29.3 Å². The molecule has 1 N–H and O–H groups in total. The second-order valence-electron chi connectivity index (χ2n) is 7.74. The number of nitrogens with one attached hydrogen (secondary N) is 1. The monoisotopic (exact) mass is 415 g/mol. The summed E-state index contributed by atoms with van der Waals surface area (Å²) in [6, 6.07) is 2.35. The smallest absolute Gasteiger partial charge is 0.277 e. The minimum absolute atomic E-state index is 0.132. The van der Waals surface area contributed by atoms with Crippen LogP contribution in [0, 0.1) is 17.2 Å². The van der Waals surface area contributed by atoms with Crippen molar-refractivity contribution < 1.29 is 9.59 Å². The average Bonchev–Trinajstić information content (AvgIpc) is 3.24. The first-order valence-electron chi connectivity index (χ1n) is 10.0. The Morgan fingerprint density at radius 2 is 1.93 bits per heavy atom. The Kier molecular flexibility index (Phi) is 5.41. The van der Waals surface area contributed by atoms with Crippen LogP contribution < -0.4 is 5.32 Å². The van der Waals surface area contributed by atoms with Crippen molar-refractivity contribution >= 4 is 29.4 Å². The Balaban J connectivity index is 1.54. The van der Waals surface area contributed by atoms with Gasteiger partial charge in [0.2, 0.25) is 0 Å². The van der Waals surface area contributed by atoms with Gasteiger partial charge in [-0.1, -0.05) is 12.8 Å². The molecule has 1 aliphatic carbocycles. The summed E-state index contributed by atoms with van der Waals surface area (Å²) in [7, 11) is 3.54. The van der Waals surface area contributed by atoms with Crippen LogP contribution in [-0.2, 0) is 4.79 Å². The van der Waals surface area contributed by atoms with E-state index in [2.05, 4.69) is 25.0 Å². The number of nitrogens with zero attached hydrogens (tertiary/aromatic N) is 6. The van der Waals surface area contributed by atoms with Gasteiger partial charge in [-0.2, -0.15) is 14.0 Å². The third-order valence-corrected chi connectivity index (χ3v) is 6.84. The normalized spacial score (nSPS) is 25.0. The molecule has 0 aromatic carbocycles. The number of piperazine rings is 1. The van der Waals surface area contributed by atoms with Crippen LogP contribution in [0.4, 0.5) is 5.82 Å². The number of carbonyl (C=O) groups excluding carboxylic acids is 2. The molecule has 2 amide bonds. The first-order valence-corrected chi connectivity index (χ1v) is 10.8. The molecule has 10 heteroatoms. The fourth-order valence-electron chi connectivity index (χ4n) is 4.81. The third kappa shape index (κ3) is 3.33. The van der Waals surface area contributed by atoms with E-state index in [1.165, 1.54) is 0 Å². The molecule has 3 aliphatic rings. The number of carbonyl (C=O) groups is 2. The van der Waals surface area contributed by atoms with Crippen molar-refractivity contribution in [3.8, 4) is 6.07 Å². The zero-order chi connectivity index (χ0) is 20.5. The molecular formula is C19H25N7O2S. The predicted octanol–water partition coefficient (Wildman–Crippen LogP) is 1.15. The summed E-state index contributed by atoms with van der Waals surface area (Å²) >= 11 is 1.02. The summed E-state index contributed by atoms with van der Waals surface area (Å²) in [6.45, 7) is 2.28. The lowest BCUT2D eigenvalue weighted by Crippen LogP contribution is -2.55. The lowest BCUT2D eigenvalue weighted by atomic mass is 9.77. The van der Waals surface area contributed by atoms with Gasteiger partial charge in [-0.3, -0.25) is 9.59 Å². The summed E-state index contributed by atoms with van der Waals surface area (Å²) in [5.41, 5.74) is 1.53. The van der Waals surface area contributed by atoms with E-state index in [1.807, 2.05) is 7.05 Å². The summed E-state index contributed by atoms with van der Waals surface area (Å²) in [4.78, 5) is 31.3. The second kappa shape index (κ2) is 7.99. The Hall–Kier alpha value is -2.67. The number of rotatable bonds is 3. The summed E-state index contributed by atoms with van der Waals surface area (Å²) < 4.78 is 8.23. The quantitative estimate of drug-likeness (QED) is 0.789. The maximum Gasteiger partial charge on any atom is 0.277 e. The highest BCUT2D eigenvalue weighted by Gasteiger charge is 2.43. The molecule has 2 fully saturated rings. The molecule has 1 saturated heterocycles. The maximum atomic E-state index is 12.8. The summed E-state index contributed by atoms with van der Waals surface area (Å²) in [6.07, 6.45) is 4.22. The maximum absolute atomic E-state index is 12.8. The number of hydrogen-bond donors (Lipinski definition) is 1. The van der Waals surface area contributed by atoms with Crippen LogP contribution in [0.3, 0.4) is 0 Å². The second-order valence-corrected chi connectivity index (χ2v) is 8.27. The van der Waals surface area contributed by atoms with Crippen molar-refractivity contribution in [3.63, 3.8) is 0 Å². The van der Waals surface area contributed by atoms with E-state index in [1.54, 1.807) is 16.8 Å². The van der Waals surface area contributed by atoms with Gasteiger partial charge in [0.15, 0.2) is 11.5 Å². The van der Waals surface area contributed by atoms with E-state index < -0.39 is 0 Å². The van der Waals surface area contributed by atoms with Crippen molar-refractivity contribution in [2.24, 2.45) is 5.92 Å². The highest BCUT2D eigenvalue weighted by Crippen LogP contribution is 2.40. The third-order valence-electron chi connectivity index (χ3n) is 6.32. The molecule has 2 unspecified atom stereocenters. The first kappa shape index (κ1) is 19.6. The standard InChI is InChI=1S/C19H25N7O2S/c1-21-17-15(22-29-23-17)19(28)26-9-7-25(8-10-26)16-12-5-3-4-6-14(12)24(2)18(27)13(16)11-20/h12,14H,3-10H2,1-2H3,(H,21,23). The van der Waals surface area contributed by atoms with Crippen LogP contribution in [0.1, 0.15) is 36.2 Å². The topological polar surface area (TPSA) is 105 Å². The number of anilines is 1. The fraction of sp³-hybridized carbons (Fsp3) is 0.632. The largest absolute Gasteiger partial charge is 0.370 e. The fourth-order valence-corrected chi connectivity index (χ4v) is 5.35. The van der Waals surface area contributed by atoms with Crippen molar-refractivity contribution in [2.45, 2.75) is 31.7 Å². The first-order chi connectivity index (χ1) is 14.1. The van der Waals surface area contributed by atoms with Gasteiger partial charge < -0.3 is 20.0 Å². The number of aromatic nitrogens is 2. The van der Waals surface area contributed by atoms with E-state index in [0.29, 0.717) is 37.7 Å². The molecular weight excluding hydrogens is 390 g/mol. The lowest BCUT2D eigenvalue weighted by molar-refractivity contribution is -0.130. The van der Waals surface area contributed by atoms with Crippen LogP contribution in [0.2, 0.25) is 0 Å². The molecule has 0 spiro atoms. The van der Waals surface area contributed by atoms with Crippen molar-refractivity contribution in [1.29, 1.82) is 5.26 Å². The number of likely N-dealkylation sites (N-methyl/N-ethyl adjacent to an activating group) is 1. The summed E-state index contributed by atoms with van der Waals surface area (Å²) in [5, 5.41) is 12.6. The number of nitriles is 1. The molecule has 2 atom stereocenters. The van der Waals surface area contributed by atoms with E-state index in [4.69, 9.17) is 0 Å². The van der Waals surface area contributed by atoms with Crippen molar-refractivity contribution in [1.82, 2.24) is 23.4 Å². The minimum atomic E-state index is -0.170. The Labute approximate surface area is 174 Å². The van der Waals surface area contributed by atoms with Gasteiger partial charge in [-0.05, 0) is 12.8 Å². The number of amides is 2. The molecule has 0 bridgehead atoms. The van der Waals surface area contributed by atoms with E-state index >= 15 is 0 Å². The van der Waals surface area contributed by atoms with E-state index in [9.17, 15) is 14.9 Å². The van der Waals surface area contributed by atoms with Crippen molar-refractivity contribution in [2.75, 3.05) is 45.6 Å². The number of fused-ring (bicyclic) bond motifs is 1. The van der Waals surface area contributed by atoms with Crippen LogP contribution >= 0.6 is 11.7 Å². The minimum Gasteiger partial charge on any atom is -0.370 e. The van der Waals surface area contributed by atoms with Crippen LogP contribution in [0.15, 0.2) is 11.3 Å². The van der Waals surface area contributed by atoms with Gasteiger partial charge in [0.05, 0.1) is 11.7 Å².